The molecule has 4 nitrogen and oxygen atoms in total. The summed E-state index contributed by atoms with van der Waals surface area (Å²) in [5.74, 6) is 0.896. The third-order valence-corrected chi connectivity index (χ3v) is 3.99. The van der Waals surface area contributed by atoms with E-state index < -0.39 is 0 Å². The number of rotatable bonds is 2. The van der Waals surface area contributed by atoms with Crippen LogP contribution >= 0.6 is 0 Å². The molecule has 1 aliphatic heterocycles. The molecule has 1 aromatic heterocycles. The van der Waals surface area contributed by atoms with Gasteiger partial charge in [0, 0.05) is 25.8 Å². The summed E-state index contributed by atoms with van der Waals surface area (Å²) < 4.78 is 0. The molecule has 2 heterocycles. The summed E-state index contributed by atoms with van der Waals surface area (Å²) in [6.45, 7) is 0.939. The Balaban J connectivity index is 1.86. The number of amides is 1. The fourth-order valence-electron chi connectivity index (χ4n) is 3.11. The van der Waals surface area contributed by atoms with Crippen LogP contribution in [-0.2, 0) is 0 Å². The molecule has 1 aliphatic carbocycles. The Morgan fingerprint density at radius 3 is 3.06 bits per heavy atom. The van der Waals surface area contributed by atoms with Crippen molar-refractivity contribution in [3.8, 4) is 0 Å². The molecule has 1 aromatic rings. The zero-order valence-corrected chi connectivity index (χ0v) is 10.0. The summed E-state index contributed by atoms with van der Waals surface area (Å²) in [4.78, 5) is 18.6. The Morgan fingerprint density at radius 1 is 1.53 bits per heavy atom. The van der Waals surface area contributed by atoms with Crippen LogP contribution in [0.3, 0.4) is 0 Å². The lowest BCUT2D eigenvalue weighted by atomic mass is 10.1. The highest BCUT2D eigenvalue weighted by Gasteiger charge is 2.40. The van der Waals surface area contributed by atoms with Crippen molar-refractivity contribution in [3.63, 3.8) is 0 Å². The van der Waals surface area contributed by atoms with Gasteiger partial charge in [-0.25, -0.2) is 0 Å². The molecule has 0 aromatic carbocycles. The molecule has 90 valence electrons. The van der Waals surface area contributed by atoms with Crippen LogP contribution in [0.1, 0.15) is 29.6 Å². The van der Waals surface area contributed by atoms with Crippen molar-refractivity contribution in [2.45, 2.75) is 25.3 Å². The largest absolute Gasteiger partial charge is 0.386 e. The zero-order valence-electron chi connectivity index (χ0n) is 10.0. The third kappa shape index (κ3) is 1.68. The van der Waals surface area contributed by atoms with Gasteiger partial charge in [0.2, 0.25) is 0 Å². The van der Waals surface area contributed by atoms with Crippen LogP contribution in [0.4, 0.5) is 5.69 Å². The van der Waals surface area contributed by atoms with E-state index in [0.717, 1.165) is 23.7 Å². The minimum Gasteiger partial charge on any atom is -0.386 e. The number of piperidine rings is 1. The summed E-state index contributed by atoms with van der Waals surface area (Å²) in [6, 6.07) is 2.28. The molecule has 1 saturated heterocycles. The average Bonchev–Trinajstić information content (AvgIpc) is 3.00. The number of hydrogen-bond acceptors (Lipinski definition) is 3. The normalized spacial score (nSPS) is 26.3. The number of carbonyl (C=O) groups excluding carboxylic acids is 1. The van der Waals surface area contributed by atoms with Crippen molar-refractivity contribution in [1.29, 1.82) is 0 Å². The van der Waals surface area contributed by atoms with Gasteiger partial charge in [0.05, 0.1) is 17.4 Å². The van der Waals surface area contributed by atoms with E-state index in [4.69, 9.17) is 0 Å². The molecule has 2 fully saturated rings. The Labute approximate surface area is 101 Å². The quantitative estimate of drug-likeness (QED) is 0.843. The van der Waals surface area contributed by atoms with E-state index in [-0.39, 0.29) is 5.91 Å². The van der Waals surface area contributed by atoms with Crippen molar-refractivity contribution in [1.82, 2.24) is 9.88 Å². The van der Waals surface area contributed by atoms with E-state index in [2.05, 4.69) is 10.3 Å². The second-order valence-corrected chi connectivity index (χ2v) is 4.96. The fourth-order valence-corrected chi connectivity index (χ4v) is 3.11. The molecular weight excluding hydrogens is 214 g/mol. The second-order valence-electron chi connectivity index (χ2n) is 4.96. The lowest BCUT2D eigenvalue weighted by molar-refractivity contribution is 0.0704. The lowest BCUT2D eigenvalue weighted by Gasteiger charge is -2.27. The van der Waals surface area contributed by atoms with Crippen LogP contribution in [0, 0.1) is 5.92 Å². The zero-order chi connectivity index (χ0) is 11.8. The Morgan fingerprint density at radius 2 is 2.41 bits per heavy atom. The first-order valence-corrected chi connectivity index (χ1v) is 6.22. The van der Waals surface area contributed by atoms with E-state index in [0.29, 0.717) is 6.04 Å². The monoisotopic (exact) mass is 231 g/mol. The van der Waals surface area contributed by atoms with Gasteiger partial charge in [0.25, 0.3) is 5.91 Å². The maximum atomic E-state index is 12.5. The first-order valence-electron chi connectivity index (χ1n) is 6.22. The van der Waals surface area contributed by atoms with Gasteiger partial charge >= 0.3 is 0 Å². The van der Waals surface area contributed by atoms with Gasteiger partial charge in [0.15, 0.2) is 0 Å². The molecule has 2 atom stereocenters. The molecule has 0 spiro atoms. The number of nitrogens with zero attached hydrogens (tertiary/aromatic N) is 2. The molecular formula is C13H17N3O. The van der Waals surface area contributed by atoms with Gasteiger partial charge in [-0.05, 0) is 31.2 Å². The molecule has 2 unspecified atom stereocenters. The van der Waals surface area contributed by atoms with E-state index in [9.17, 15) is 4.79 Å². The van der Waals surface area contributed by atoms with Crippen LogP contribution in [0.15, 0.2) is 18.5 Å². The summed E-state index contributed by atoms with van der Waals surface area (Å²) in [7, 11) is 1.82. The summed E-state index contributed by atoms with van der Waals surface area (Å²) in [5.41, 5.74) is 1.57. The molecule has 1 amide bonds. The number of nitrogens with one attached hydrogen (secondary N) is 1. The van der Waals surface area contributed by atoms with E-state index in [1.54, 1.807) is 18.5 Å². The predicted octanol–water partition coefficient (Wildman–Crippen LogP) is 1.75. The molecule has 2 bridgehead atoms. The van der Waals surface area contributed by atoms with Crippen LogP contribution in [0.2, 0.25) is 0 Å². The standard InChI is InChI=1S/C13H17N3O/c1-14-12-7-15-5-4-11(12)13(17)16-8-9-2-3-10(16)6-9/h4-5,7,9-10,14H,2-3,6,8H2,1H3. The highest BCUT2D eigenvalue weighted by Crippen LogP contribution is 2.38. The average molecular weight is 231 g/mol. The molecule has 1 N–H and O–H groups in total. The number of aromatic nitrogens is 1. The van der Waals surface area contributed by atoms with Gasteiger partial charge < -0.3 is 10.2 Å². The first kappa shape index (κ1) is 10.6. The summed E-state index contributed by atoms with van der Waals surface area (Å²) in [5, 5.41) is 3.03. The minimum atomic E-state index is 0.156. The molecule has 1 saturated carbocycles. The fraction of sp³-hybridized carbons (Fsp3) is 0.538. The van der Waals surface area contributed by atoms with Crippen molar-refractivity contribution in [3.05, 3.63) is 24.0 Å². The minimum absolute atomic E-state index is 0.156. The van der Waals surface area contributed by atoms with Crippen LogP contribution < -0.4 is 5.32 Å². The molecule has 4 heteroatoms. The number of fused-ring (bicyclic) bond motifs is 2. The predicted molar refractivity (Wildman–Crippen MR) is 65.9 cm³/mol. The molecule has 3 rings (SSSR count). The Hall–Kier alpha value is -1.58. The van der Waals surface area contributed by atoms with E-state index >= 15 is 0 Å². The van der Waals surface area contributed by atoms with Crippen molar-refractivity contribution < 1.29 is 4.79 Å². The first-order chi connectivity index (χ1) is 8.29. The van der Waals surface area contributed by atoms with Gasteiger partial charge in [-0.3, -0.25) is 9.78 Å². The van der Waals surface area contributed by atoms with Crippen LogP contribution in [0.5, 0.6) is 0 Å². The number of anilines is 1. The number of hydrogen-bond donors (Lipinski definition) is 1. The van der Waals surface area contributed by atoms with Crippen LogP contribution in [0.25, 0.3) is 0 Å². The summed E-state index contributed by atoms with van der Waals surface area (Å²) >= 11 is 0. The van der Waals surface area contributed by atoms with Crippen molar-refractivity contribution >= 4 is 11.6 Å². The van der Waals surface area contributed by atoms with Gasteiger partial charge in [0.1, 0.15) is 0 Å². The lowest BCUT2D eigenvalue weighted by Crippen LogP contribution is -2.37. The Bertz CT molecular complexity index is 446. The van der Waals surface area contributed by atoms with Crippen molar-refractivity contribution in [2.75, 3.05) is 18.9 Å². The van der Waals surface area contributed by atoms with Gasteiger partial charge in [-0.1, -0.05) is 0 Å². The number of likely N-dealkylation sites (tertiary alicyclic amines) is 1. The van der Waals surface area contributed by atoms with Crippen molar-refractivity contribution in [2.24, 2.45) is 5.92 Å². The second kappa shape index (κ2) is 4.02. The maximum absolute atomic E-state index is 12.5. The topological polar surface area (TPSA) is 45.2 Å². The molecule has 2 aliphatic rings. The van der Waals surface area contributed by atoms with Gasteiger partial charge in [-0.2, -0.15) is 0 Å². The van der Waals surface area contributed by atoms with E-state index in [1.165, 1.54) is 19.3 Å². The third-order valence-electron chi connectivity index (χ3n) is 3.99. The molecule has 17 heavy (non-hydrogen) atoms. The maximum Gasteiger partial charge on any atom is 0.256 e. The SMILES string of the molecule is CNc1cnccc1C(=O)N1CC2CCC1C2. The van der Waals surface area contributed by atoms with E-state index in [1.807, 2.05) is 11.9 Å². The highest BCUT2D eigenvalue weighted by molar-refractivity contribution is 5.99. The number of carbonyl (C=O) groups is 1. The smallest absolute Gasteiger partial charge is 0.256 e. The van der Waals surface area contributed by atoms with Crippen LogP contribution in [-0.4, -0.2) is 35.4 Å². The highest BCUT2D eigenvalue weighted by atomic mass is 16.2. The number of pyridine rings is 1. The Kier molecular flexibility index (Phi) is 2.50. The molecule has 0 radical (unpaired) electrons. The summed E-state index contributed by atoms with van der Waals surface area (Å²) in [6.07, 6.45) is 7.07. The van der Waals surface area contributed by atoms with Gasteiger partial charge in [-0.15, -0.1) is 0 Å².